The molecule has 8 heteroatoms. The summed E-state index contributed by atoms with van der Waals surface area (Å²) < 4.78 is 10.5. The standard InChI is InChI=1S/C18H23ClN4O3/c1-23(2)8-7-21-17-9-12(5-6-20-17)18(24)22-14-11-15(25-3)13(19)10-16(14)26-4/h5-6,9-11H,7-8H2,1-4H3,(H,20,21)(H,22,24). The number of benzene rings is 1. The summed E-state index contributed by atoms with van der Waals surface area (Å²) in [4.78, 5) is 18.9. The van der Waals surface area contributed by atoms with Crippen molar-refractivity contribution >= 4 is 29.0 Å². The van der Waals surface area contributed by atoms with Gasteiger partial charge in [-0.2, -0.15) is 0 Å². The van der Waals surface area contributed by atoms with Crippen molar-refractivity contribution in [3.05, 3.63) is 41.0 Å². The van der Waals surface area contributed by atoms with Gasteiger partial charge in [0.1, 0.15) is 17.3 Å². The highest BCUT2D eigenvalue weighted by molar-refractivity contribution is 6.32. The Kier molecular flexibility index (Phi) is 7.06. The summed E-state index contributed by atoms with van der Waals surface area (Å²) in [5, 5.41) is 6.40. The van der Waals surface area contributed by atoms with E-state index in [1.54, 1.807) is 30.5 Å². The van der Waals surface area contributed by atoms with Crippen molar-refractivity contribution in [2.24, 2.45) is 0 Å². The second-order valence-corrected chi connectivity index (χ2v) is 6.21. The maximum Gasteiger partial charge on any atom is 0.255 e. The number of rotatable bonds is 8. The van der Waals surface area contributed by atoms with E-state index in [0.29, 0.717) is 33.6 Å². The molecule has 1 heterocycles. The first-order chi connectivity index (χ1) is 12.4. The summed E-state index contributed by atoms with van der Waals surface area (Å²) in [6, 6.07) is 6.56. The zero-order valence-electron chi connectivity index (χ0n) is 15.3. The van der Waals surface area contributed by atoms with Gasteiger partial charge in [0.25, 0.3) is 5.91 Å². The molecule has 0 saturated heterocycles. The lowest BCUT2D eigenvalue weighted by molar-refractivity contribution is 0.102. The van der Waals surface area contributed by atoms with Crippen molar-refractivity contribution in [2.45, 2.75) is 0 Å². The molecule has 2 N–H and O–H groups in total. The molecule has 1 aromatic carbocycles. The molecule has 0 saturated carbocycles. The van der Waals surface area contributed by atoms with Gasteiger partial charge in [-0.25, -0.2) is 4.98 Å². The van der Waals surface area contributed by atoms with Crippen LogP contribution in [-0.2, 0) is 0 Å². The number of amides is 1. The molecule has 0 aliphatic rings. The molecular weight excluding hydrogens is 356 g/mol. The van der Waals surface area contributed by atoms with E-state index in [0.717, 1.165) is 13.1 Å². The largest absolute Gasteiger partial charge is 0.495 e. The number of hydrogen-bond acceptors (Lipinski definition) is 6. The normalized spacial score (nSPS) is 10.5. The fraction of sp³-hybridized carbons (Fsp3) is 0.333. The van der Waals surface area contributed by atoms with Gasteiger partial charge in [-0.1, -0.05) is 11.6 Å². The van der Waals surface area contributed by atoms with Crippen molar-refractivity contribution < 1.29 is 14.3 Å². The van der Waals surface area contributed by atoms with Crippen LogP contribution in [0.1, 0.15) is 10.4 Å². The van der Waals surface area contributed by atoms with Gasteiger partial charge in [-0.05, 0) is 26.2 Å². The predicted octanol–water partition coefficient (Wildman–Crippen LogP) is 2.98. The van der Waals surface area contributed by atoms with Crippen LogP contribution in [0, 0.1) is 0 Å². The molecule has 2 aromatic rings. The minimum Gasteiger partial charge on any atom is -0.495 e. The van der Waals surface area contributed by atoms with Crippen molar-refractivity contribution in [2.75, 3.05) is 52.0 Å². The highest BCUT2D eigenvalue weighted by atomic mass is 35.5. The molecule has 0 fully saturated rings. The van der Waals surface area contributed by atoms with E-state index in [1.165, 1.54) is 14.2 Å². The highest BCUT2D eigenvalue weighted by Crippen LogP contribution is 2.36. The minimum absolute atomic E-state index is 0.286. The third kappa shape index (κ3) is 5.24. The summed E-state index contributed by atoms with van der Waals surface area (Å²) in [6.07, 6.45) is 1.59. The highest BCUT2D eigenvalue weighted by Gasteiger charge is 2.14. The molecule has 7 nitrogen and oxygen atoms in total. The van der Waals surface area contributed by atoms with Gasteiger partial charge >= 0.3 is 0 Å². The van der Waals surface area contributed by atoms with Crippen LogP contribution < -0.4 is 20.1 Å². The lowest BCUT2D eigenvalue weighted by atomic mass is 10.2. The number of hydrogen-bond donors (Lipinski definition) is 2. The zero-order chi connectivity index (χ0) is 19.1. The molecular formula is C18H23ClN4O3. The van der Waals surface area contributed by atoms with Crippen LogP contribution >= 0.6 is 11.6 Å². The number of anilines is 2. The Morgan fingerprint density at radius 3 is 2.58 bits per heavy atom. The molecule has 1 amide bonds. The molecule has 0 aliphatic heterocycles. The van der Waals surface area contributed by atoms with Crippen LogP contribution in [0.2, 0.25) is 5.02 Å². The number of likely N-dealkylation sites (N-methyl/N-ethyl adjacent to an activating group) is 1. The van der Waals surface area contributed by atoms with Crippen LogP contribution in [0.25, 0.3) is 0 Å². The van der Waals surface area contributed by atoms with Crippen LogP contribution in [0.3, 0.4) is 0 Å². The van der Waals surface area contributed by atoms with Crippen LogP contribution in [0.15, 0.2) is 30.5 Å². The predicted molar refractivity (Wildman–Crippen MR) is 104 cm³/mol. The molecule has 1 aromatic heterocycles. The molecule has 0 spiro atoms. The Bertz CT molecular complexity index is 768. The Labute approximate surface area is 158 Å². The van der Waals surface area contributed by atoms with E-state index in [-0.39, 0.29) is 5.91 Å². The van der Waals surface area contributed by atoms with E-state index in [4.69, 9.17) is 21.1 Å². The van der Waals surface area contributed by atoms with Crippen molar-refractivity contribution in [1.82, 2.24) is 9.88 Å². The molecule has 0 bridgehead atoms. The van der Waals surface area contributed by atoms with E-state index >= 15 is 0 Å². The van der Waals surface area contributed by atoms with Gasteiger partial charge < -0.3 is 25.0 Å². The Balaban J connectivity index is 2.15. The van der Waals surface area contributed by atoms with Gasteiger partial charge in [0.05, 0.1) is 24.9 Å². The summed E-state index contributed by atoms with van der Waals surface area (Å²) in [5.74, 6) is 1.25. The average molecular weight is 379 g/mol. The monoisotopic (exact) mass is 378 g/mol. The van der Waals surface area contributed by atoms with E-state index in [9.17, 15) is 4.79 Å². The van der Waals surface area contributed by atoms with Crippen LogP contribution in [0.5, 0.6) is 11.5 Å². The second kappa shape index (κ2) is 9.26. The number of nitrogens with zero attached hydrogens (tertiary/aromatic N) is 2. The molecule has 140 valence electrons. The zero-order valence-corrected chi connectivity index (χ0v) is 16.1. The fourth-order valence-corrected chi connectivity index (χ4v) is 2.46. The molecule has 0 unspecified atom stereocenters. The Morgan fingerprint density at radius 1 is 1.19 bits per heavy atom. The fourth-order valence-electron chi connectivity index (χ4n) is 2.23. The Morgan fingerprint density at radius 2 is 1.92 bits per heavy atom. The Hall–Kier alpha value is -2.51. The number of nitrogens with one attached hydrogen (secondary N) is 2. The first kappa shape index (κ1) is 19.8. The van der Waals surface area contributed by atoms with Crippen molar-refractivity contribution in [3.8, 4) is 11.5 Å². The number of aromatic nitrogens is 1. The molecule has 0 atom stereocenters. The lowest BCUT2D eigenvalue weighted by Gasteiger charge is -2.14. The minimum atomic E-state index is -0.286. The van der Waals surface area contributed by atoms with Crippen LogP contribution in [-0.4, -0.2) is 57.2 Å². The number of methoxy groups -OCH3 is 2. The van der Waals surface area contributed by atoms with E-state index < -0.39 is 0 Å². The number of ether oxygens (including phenoxy) is 2. The summed E-state index contributed by atoms with van der Waals surface area (Å²) in [7, 11) is 7.00. The van der Waals surface area contributed by atoms with E-state index in [2.05, 4.69) is 20.5 Å². The maximum absolute atomic E-state index is 12.6. The summed E-state index contributed by atoms with van der Waals surface area (Å²) in [6.45, 7) is 1.59. The SMILES string of the molecule is COc1cc(NC(=O)c2ccnc(NCCN(C)C)c2)c(OC)cc1Cl. The molecule has 0 radical (unpaired) electrons. The third-order valence-electron chi connectivity index (χ3n) is 3.61. The number of halogens is 1. The number of carbonyl (C=O) groups excluding carboxylic acids is 1. The van der Waals surface area contributed by atoms with Crippen LogP contribution in [0.4, 0.5) is 11.5 Å². The third-order valence-corrected chi connectivity index (χ3v) is 3.90. The molecule has 26 heavy (non-hydrogen) atoms. The maximum atomic E-state index is 12.6. The smallest absolute Gasteiger partial charge is 0.255 e. The first-order valence-electron chi connectivity index (χ1n) is 8.02. The summed E-state index contributed by atoms with van der Waals surface area (Å²) in [5.41, 5.74) is 0.945. The first-order valence-corrected chi connectivity index (χ1v) is 8.40. The number of pyridine rings is 1. The van der Waals surface area contributed by atoms with Crippen molar-refractivity contribution in [1.29, 1.82) is 0 Å². The van der Waals surface area contributed by atoms with Gasteiger partial charge in [-0.3, -0.25) is 4.79 Å². The van der Waals surface area contributed by atoms with Crippen molar-refractivity contribution in [3.63, 3.8) is 0 Å². The molecule has 0 aliphatic carbocycles. The molecule has 2 rings (SSSR count). The quantitative estimate of drug-likeness (QED) is 0.735. The topological polar surface area (TPSA) is 75.7 Å². The van der Waals surface area contributed by atoms with Gasteiger partial charge in [0.2, 0.25) is 0 Å². The van der Waals surface area contributed by atoms with Gasteiger partial charge in [0, 0.05) is 37.0 Å². The lowest BCUT2D eigenvalue weighted by Crippen LogP contribution is -2.21. The van der Waals surface area contributed by atoms with Gasteiger partial charge in [0.15, 0.2) is 0 Å². The number of carbonyl (C=O) groups is 1. The van der Waals surface area contributed by atoms with Gasteiger partial charge in [-0.15, -0.1) is 0 Å². The summed E-state index contributed by atoms with van der Waals surface area (Å²) >= 11 is 6.09. The average Bonchev–Trinajstić information content (AvgIpc) is 2.62. The van der Waals surface area contributed by atoms with E-state index in [1.807, 2.05) is 14.1 Å². The second-order valence-electron chi connectivity index (χ2n) is 5.80.